The van der Waals surface area contributed by atoms with E-state index in [0.717, 1.165) is 28.1 Å². The number of carbonyl (C=O) groups excluding carboxylic acids is 2. The third-order valence-corrected chi connectivity index (χ3v) is 6.55. The number of nitrogens with one attached hydrogen (secondary N) is 1. The Morgan fingerprint density at radius 2 is 1.76 bits per heavy atom. The van der Waals surface area contributed by atoms with Gasteiger partial charge in [-0.15, -0.1) is 0 Å². The van der Waals surface area contributed by atoms with Gasteiger partial charge in [-0.2, -0.15) is 0 Å². The average Bonchev–Trinajstić information content (AvgIpc) is 2.80. The van der Waals surface area contributed by atoms with Crippen molar-refractivity contribution in [3.63, 3.8) is 0 Å². The van der Waals surface area contributed by atoms with Crippen molar-refractivity contribution in [3.05, 3.63) is 59.7 Å². The maximum Gasteiger partial charge on any atom is 0.244 e. The lowest BCUT2D eigenvalue weighted by Crippen LogP contribution is -2.52. The van der Waals surface area contributed by atoms with Crippen LogP contribution in [0.15, 0.2) is 48.5 Å². The van der Waals surface area contributed by atoms with Crippen LogP contribution in [0.5, 0.6) is 5.75 Å². The Morgan fingerprint density at radius 1 is 1.09 bits per heavy atom. The second kappa shape index (κ2) is 12.4. The van der Waals surface area contributed by atoms with Gasteiger partial charge in [0.2, 0.25) is 21.8 Å². The number of hydrogen-bond acceptors (Lipinski definition) is 5. The van der Waals surface area contributed by atoms with Crippen LogP contribution in [-0.2, 0) is 26.2 Å². The molecule has 0 aromatic heterocycles. The lowest BCUT2D eigenvalue weighted by atomic mass is 10.1. The summed E-state index contributed by atoms with van der Waals surface area (Å²) in [7, 11) is -2.25. The second-order valence-corrected chi connectivity index (χ2v) is 10.1. The molecular formula is C25H35N3O5S. The van der Waals surface area contributed by atoms with Gasteiger partial charge in [0.25, 0.3) is 0 Å². The highest BCUT2D eigenvalue weighted by Crippen LogP contribution is 2.22. The van der Waals surface area contributed by atoms with Crippen molar-refractivity contribution in [1.82, 2.24) is 10.2 Å². The van der Waals surface area contributed by atoms with E-state index in [1.165, 1.54) is 12.0 Å². The standard InChI is InChI=1S/C25H35N3O5S/c1-6-15-26-25(30)23(7-2)27(17-20-10-8-9-19(3)16-20)24(29)18-28(34(5,31)32)21-11-13-22(33-4)14-12-21/h8-14,16,23H,6-7,15,17-18H2,1-5H3,(H,26,30)/t23-/m1/s1. The summed E-state index contributed by atoms with van der Waals surface area (Å²) in [5.74, 6) is -0.134. The quantitative estimate of drug-likeness (QED) is 0.494. The van der Waals surface area contributed by atoms with E-state index in [1.807, 2.05) is 45.0 Å². The number of anilines is 1. The zero-order chi connectivity index (χ0) is 25.3. The molecule has 0 spiro atoms. The number of aryl methyl sites for hydroxylation is 1. The third kappa shape index (κ3) is 7.48. The normalized spacial score (nSPS) is 12.0. The number of carbonyl (C=O) groups is 2. The van der Waals surface area contributed by atoms with Crippen molar-refractivity contribution >= 4 is 27.5 Å². The van der Waals surface area contributed by atoms with Crippen LogP contribution in [0.25, 0.3) is 0 Å². The Balaban J connectivity index is 2.41. The van der Waals surface area contributed by atoms with Gasteiger partial charge >= 0.3 is 0 Å². The molecule has 0 unspecified atom stereocenters. The van der Waals surface area contributed by atoms with E-state index in [-0.39, 0.29) is 12.5 Å². The van der Waals surface area contributed by atoms with E-state index in [1.54, 1.807) is 24.3 Å². The van der Waals surface area contributed by atoms with E-state index in [9.17, 15) is 18.0 Å². The summed E-state index contributed by atoms with van der Waals surface area (Å²) < 4.78 is 31.4. The number of ether oxygens (including phenoxy) is 1. The largest absolute Gasteiger partial charge is 0.497 e. The monoisotopic (exact) mass is 489 g/mol. The van der Waals surface area contributed by atoms with E-state index in [4.69, 9.17) is 4.74 Å². The molecule has 0 heterocycles. The number of amides is 2. The van der Waals surface area contributed by atoms with E-state index in [0.29, 0.717) is 24.4 Å². The van der Waals surface area contributed by atoms with Gasteiger partial charge in [0, 0.05) is 13.1 Å². The van der Waals surface area contributed by atoms with Crippen LogP contribution in [0, 0.1) is 6.92 Å². The van der Waals surface area contributed by atoms with Crippen molar-refractivity contribution < 1.29 is 22.7 Å². The molecule has 2 rings (SSSR count). The number of nitrogens with zero attached hydrogens (tertiary/aromatic N) is 2. The fourth-order valence-electron chi connectivity index (χ4n) is 3.65. The molecule has 8 nitrogen and oxygen atoms in total. The molecule has 2 aromatic rings. The van der Waals surface area contributed by atoms with Crippen LogP contribution in [0.1, 0.15) is 37.8 Å². The molecule has 0 fully saturated rings. The van der Waals surface area contributed by atoms with Crippen molar-refractivity contribution in [2.24, 2.45) is 0 Å². The summed E-state index contributed by atoms with van der Waals surface area (Å²) in [6.45, 7) is 6.02. The lowest BCUT2D eigenvalue weighted by Gasteiger charge is -2.33. The number of rotatable bonds is 12. The van der Waals surface area contributed by atoms with Crippen molar-refractivity contribution in [1.29, 1.82) is 0 Å². The van der Waals surface area contributed by atoms with Crippen molar-refractivity contribution in [2.75, 3.05) is 30.8 Å². The molecule has 0 aliphatic heterocycles. The number of sulfonamides is 1. The van der Waals surface area contributed by atoms with Crippen LogP contribution in [0.3, 0.4) is 0 Å². The van der Waals surface area contributed by atoms with Crippen molar-refractivity contribution in [3.8, 4) is 5.75 Å². The Hall–Kier alpha value is -3.07. The Kier molecular flexibility index (Phi) is 9.92. The smallest absolute Gasteiger partial charge is 0.244 e. The first-order valence-electron chi connectivity index (χ1n) is 11.3. The van der Waals surface area contributed by atoms with Gasteiger partial charge in [-0.25, -0.2) is 8.42 Å². The number of benzene rings is 2. The Bertz CT molecular complexity index is 1070. The molecule has 0 saturated carbocycles. The lowest BCUT2D eigenvalue weighted by molar-refractivity contribution is -0.140. The highest BCUT2D eigenvalue weighted by Gasteiger charge is 2.31. The molecule has 0 radical (unpaired) electrons. The summed E-state index contributed by atoms with van der Waals surface area (Å²) >= 11 is 0. The molecule has 2 aromatic carbocycles. The maximum absolute atomic E-state index is 13.6. The minimum Gasteiger partial charge on any atom is -0.497 e. The summed E-state index contributed by atoms with van der Waals surface area (Å²) in [6.07, 6.45) is 2.22. The van der Waals surface area contributed by atoms with Gasteiger partial charge in [-0.1, -0.05) is 43.7 Å². The summed E-state index contributed by atoms with van der Waals surface area (Å²) in [5.41, 5.74) is 2.24. The van der Waals surface area contributed by atoms with Gasteiger partial charge < -0.3 is 15.0 Å². The topological polar surface area (TPSA) is 96.0 Å². The van der Waals surface area contributed by atoms with Gasteiger partial charge in [0.15, 0.2) is 0 Å². The van der Waals surface area contributed by atoms with Crippen LogP contribution < -0.4 is 14.4 Å². The van der Waals surface area contributed by atoms with E-state index < -0.39 is 28.5 Å². The van der Waals surface area contributed by atoms with Crippen LogP contribution in [0.2, 0.25) is 0 Å². The van der Waals surface area contributed by atoms with E-state index in [2.05, 4.69) is 5.32 Å². The van der Waals surface area contributed by atoms with Gasteiger partial charge in [-0.05, 0) is 49.6 Å². The molecule has 1 atom stereocenters. The third-order valence-electron chi connectivity index (χ3n) is 5.41. The van der Waals surface area contributed by atoms with Gasteiger partial charge in [0.05, 0.1) is 19.1 Å². The van der Waals surface area contributed by atoms with Crippen molar-refractivity contribution in [2.45, 2.75) is 46.2 Å². The summed E-state index contributed by atoms with van der Waals surface area (Å²) in [6, 6.07) is 13.4. The maximum atomic E-state index is 13.6. The molecule has 2 amide bonds. The Morgan fingerprint density at radius 3 is 2.29 bits per heavy atom. The number of hydrogen-bond donors (Lipinski definition) is 1. The molecule has 1 N–H and O–H groups in total. The molecule has 0 aliphatic carbocycles. The number of methoxy groups -OCH3 is 1. The minimum atomic E-state index is -3.77. The second-order valence-electron chi connectivity index (χ2n) is 8.19. The van der Waals surface area contributed by atoms with Crippen LogP contribution in [0.4, 0.5) is 5.69 Å². The first-order chi connectivity index (χ1) is 16.1. The fraction of sp³-hybridized carbons (Fsp3) is 0.440. The highest BCUT2D eigenvalue weighted by atomic mass is 32.2. The molecule has 9 heteroatoms. The molecule has 0 saturated heterocycles. The SMILES string of the molecule is CCCNC(=O)[C@@H](CC)N(Cc1cccc(C)c1)C(=O)CN(c1ccc(OC)cc1)S(C)(=O)=O. The zero-order valence-corrected chi connectivity index (χ0v) is 21.4. The Labute approximate surface area is 202 Å². The van der Waals surface area contributed by atoms with Gasteiger partial charge in [0.1, 0.15) is 18.3 Å². The van der Waals surface area contributed by atoms with Crippen LogP contribution >= 0.6 is 0 Å². The fourth-order valence-corrected chi connectivity index (χ4v) is 4.50. The zero-order valence-electron chi connectivity index (χ0n) is 20.6. The predicted octanol–water partition coefficient (Wildman–Crippen LogP) is 3.10. The highest BCUT2D eigenvalue weighted by molar-refractivity contribution is 7.92. The van der Waals surface area contributed by atoms with E-state index >= 15 is 0 Å². The predicted molar refractivity (Wildman–Crippen MR) is 134 cm³/mol. The molecule has 0 bridgehead atoms. The molecule has 0 aliphatic rings. The molecule has 34 heavy (non-hydrogen) atoms. The first kappa shape index (κ1) is 27.2. The van der Waals surface area contributed by atoms with Gasteiger partial charge in [-0.3, -0.25) is 13.9 Å². The average molecular weight is 490 g/mol. The molecular weight excluding hydrogens is 454 g/mol. The van der Waals surface area contributed by atoms with Crippen LogP contribution in [-0.4, -0.2) is 57.6 Å². The molecule has 186 valence electrons. The minimum absolute atomic E-state index is 0.193. The first-order valence-corrected chi connectivity index (χ1v) is 13.2. The summed E-state index contributed by atoms with van der Waals surface area (Å²) in [4.78, 5) is 28.0. The summed E-state index contributed by atoms with van der Waals surface area (Å²) in [5, 5.41) is 2.87.